The number of fused-ring (bicyclic) bond motifs is 2. The van der Waals surface area contributed by atoms with Crippen LogP contribution in [0.3, 0.4) is 0 Å². The van der Waals surface area contributed by atoms with Crippen LogP contribution in [0.15, 0.2) is 24.3 Å². The number of amides is 2. The van der Waals surface area contributed by atoms with Gasteiger partial charge in [0.1, 0.15) is 5.75 Å². The second kappa shape index (κ2) is 12.7. The third-order valence-corrected chi connectivity index (χ3v) is 8.61. The van der Waals surface area contributed by atoms with Gasteiger partial charge in [0.2, 0.25) is 11.8 Å². The molecule has 3 fully saturated rings. The first kappa shape index (κ1) is 30.9. The number of alkyl halides is 3. The molecule has 2 aliphatic heterocycles. The van der Waals surface area contributed by atoms with Crippen molar-refractivity contribution in [1.29, 1.82) is 0 Å². The summed E-state index contributed by atoms with van der Waals surface area (Å²) < 4.78 is 55.1. The van der Waals surface area contributed by atoms with Crippen LogP contribution in [-0.2, 0) is 19.4 Å². The van der Waals surface area contributed by atoms with Crippen LogP contribution in [0, 0.1) is 5.92 Å². The van der Waals surface area contributed by atoms with Crippen molar-refractivity contribution in [2.45, 2.75) is 69.1 Å². The van der Waals surface area contributed by atoms with Gasteiger partial charge in [-0.15, -0.1) is 0 Å². The molecule has 2 heterocycles. The summed E-state index contributed by atoms with van der Waals surface area (Å²) in [6.07, 6.45) is 3.88. The molecule has 1 aromatic carbocycles. The van der Waals surface area contributed by atoms with Crippen LogP contribution in [0.2, 0.25) is 0 Å². The fourth-order valence-corrected chi connectivity index (χ4v) is 6.35. The van der Waals surface area contributed by atoms with E-state index in [-0.39, 0.29) is 5.91 Å². The number of benzene rings is 1. The number of nitrogens with two attached hydrogens (primary N) is 1. The van der Waals surface area contributed by atoms with Gasteiger partial charge in [0.25, 0.3) is 0 Å². The maximum absolute atomic E-state index is 12.7. The number of sulfone groups is 1. The molecular formula is C26H36F3N3O6S. The predicted octanol–water partition coefficient (Wildman–Crippen LogP) is 2.80. The molecule has 13 heteroatoms. The molecular weight excluding hydrogens is 539 g/mol. The SMILES string of the molecule is CS(=O)(=O)CC(=O)N(CCN1C2CCC1CC(c1cccc(C(N)=O)c1)C2)CC1CCC1.O=C(O)C(F)(F)F. The molecule has 1 aliphatic carbocycles. The van der Waals surface area contributed by atoms with Gasteiger partial charge in [0.05, 0.1) is 0 Å². The Labute approximate surface area is 226 Å². The zero-order chi connectivity index (χ0) is 29.0. The first-order valence-electron chi connectivity index (χ1n) is 13.0. The minimum absolute atomic E-state index is 0.259. The van der Waals surface area contributed by atoms with Crippen LogP contribution in [0.25, 0.3) is 0 Å². The maximum Gasteiger partial charge on any atom is 0.490 e. The summed E-state index contributed by atoms with van der Waals surface area (Å²) in [5.74, 6) is -2.88. The summed E-state index contributed by atoms with van der Waals surface area (Å²) in [5, 5.41) is 7.12. The van der Waals surface area contributed by atoms with Gasteiger partial charge in [-0.2, -0.15) is 13.2 Å². The van der Waals surface area contributed by atoms with Crippen LogP contribution < -0.4 is 5.73 Å². The van der Waals surface area contributed by atoms with E-state index < -0.39 is 33.6 Å². The van der Waals surface area contributed by atoms with E-state index >= 15 is 0 Å². The second-order valence-electron chi connectivity index (χ2n) is 10.8. The summed E-state index contributed by atoms with van der Waals surface area (Å²) in [4.78, 5) is 37.5. The number of carboxylic acid groups (broad SMARTS) is 1. The molecule has 2 amide bonds. The monoisotopic (exact) mass is 575 g/mol. The standard InChI is InChI=1S/C24H35N3O4S.C2HF3O2/c1-32(30,31)16-23(28)26(15-17-4-2-5-17)10-11-27-21-8-9-22(27)14-20(13-21)18-6-3-7-19(12-18)24(25)29;3-2(4,5)1(6)7/h3,6-7,12,17,20-22H,2,4-5,8-11,13-16H2,1H3,(H2,25,29);(H,6,7). The highest BCUT2D eigenvalue weighted by Crippen LogP contribution is 2.43. The van der Waals surface area contributed by atoms with E-state index in [1.807, 2.05) is 12.1 Å². The average Bonchev–Trinajstić information content (AvgIpc) is 3.03. The Morgan fingerprint density at radius 3 is 2.15 bits per heavy atom. The number of piperidine rings is 1. The molecule has 39 heavy (non-hydrogen) atoms. The molecule has 3 aliphatic rings. The number of primary amides is 1. The van der Waals surface area contributed by atoms with Crippen molar-refractivity contribution >= 4 is 27.6 Å². The summed E-state index contributed by atoms with van der Waals surface area (Å²) in [7, 11) is -3.33. The molecule has 0 radical (unpaired) electrons. The first-order chi connectivity index (χ1) is 18.1. The van der Waals surface area contributed by atoms with Crippen molar-refractivity contribution in [1.82, 2.24) is 9.80 Å². The van der Waals surface area contributed by atoms with Crippen LogP contribution in [0.5, 0.6) is 0 Å². The average molecular weight is 576 g/mol. The van der Waals surface area contributed by atoms with Crippen LogP contribution in [0.4, 0.5) is 13.2 Å². The van der Waals surface area contributed by atoms with E-state index in [9.17, 15) is 31.2 Å². The highest BCUT2D eigenvalue weighted by Gasteiger charge is 2.41. The minimum atomic E-state index is -5.08. The number of carboxylic acids is 1. The molecule has 4 rings (SSSR count). The number of carbonyl (C=O) groups excluding carboxylic acids is 2. The van der Waals surface area contributed by atoms with Crippen molar-refractivity contribution in [2.75, 3.05) is 31.6 Å². The maximum atomic E-state index is 12.7. The lowest BCUT2D eigenvalue weighted by molar-refractivity contribution is -0.192. The fourth-order valence-electron chi connectivity index (χ4n) is 5.71. The lowest BCUT2D eigenvalue weighted by Gasteiger charge is -2.41. The normalized spacial score (nSPS) is 23.3. The highest BCUT2D eigenvalue weighted by molar-refractivity contribution is 7.91. The van der Waals surface area contributed by atoms with E-state index in [0.29, 0.717) is 42.6 Å². The van der Waals surface area contributed by atoms with Gasteiger partial charge in [0, 0.05) is 43.5 Å². The van der Waals surface area contributed by atoms with Crippen molar-refractivity contribution in [3.63, 3.8) is 0 Å². The van der Waals surface area contributed by atoms with Crippen LogP contribution in [-0.4, -0.2) is 91.0 Å². The third kappa shape index (κ3) is 8.92. The Balaban J connectivity index is 0.000000532. The minimum Gasteiger partial charge on any atom is -0.475 e. The highest BCUT2D eigenvalue weighted by atomic mass is 32.2. The van der Waals surface area contributed by atoms with E-state index in [4.69, 9.17) is 15.6 Å². The van der Waals surface area contributed by atoms with E-state index in [0.717, 1.165) is 51.3 Å². The number of rotatable bonds is 9. The molecule has 9 nitrogen and oxygen atoms in total. The molecule has 1 aromatic rings. The Hall–Kier alpha value is -2.67. The van der Waals surface area contributed by atoms with E-state index in [2.05, 4.69) is 11.0 Å². The largest absolute Gasteiger partial charge is 0.490 e. The van der Waals surface area contributed by atoms with Gasteiger partial charge in [0.15, 0.2) is 9.84 Å². The lowest BCUT2D eigenvalue weighted by Crippen LogP contribution is -2.48. The summed E-state index contributed by atoms with van der Waals surface area (Å²) in [5.41, 5.74) is 7.21. The second-order valence-corrected chi connectivity index (χ2v) is 12.9. The third-order valence-electron chi connectivity index (χ3n) is 7.84. The number of hydrogen-bond acceptors (Lipinski definition) is 6. The molecule has 218 valence electrons. The predicted molar refractivity (Wildman–Crippen MR) is 138 cm³/mol. The fraction of sp³-hybridized carbons (Fsp3) is 0.654. The molecule has 0 aromatic heterocycles. The number of carbonyl (C=O) groups is 3. The number of halogens is 3. The molecule has 2 saturated heterocycles. The van der Waals surface area contributed by atoms with Gasteiger partial charge in [-0.1, -0.05) is 18.6 Å². The number of nitrogens with zero attached hydrogens (tertiary/aromatic N) is 2. The van der Waals surface area contributed by atoms with Crippen LogP contribution >= 0.6 is 0 Å². The molecule has 2 bridgehead atoms. The zero-order valence-electron chi connectivity index (χ0n) is 21.9. The van der Waals surface area contributed by atoms with E-state index in [1.165, 1.54) is 12.0 Å². The summed E-state index contributed by atoms with van der Waals surface area (Å²) in [6.45, 7) is 2.07. The first-order valence-corrected chi connectivity index (χ1v) is 15.1. The smallest absolute Gasteiger partial charge is 0.475 e. The van der Waals surface area contributed by atoms with Crippen LogP contribution in [0.1, 0.15) is 66.8 Å². The number of aliphatic carboxylic acids is 1. The van der Waals surface area contributed by atoms with Gasteiger partial charge in [-0.3, -0.25) is 14.5 Å². The van der Waals surface area contributed by atoms with Crippen molar-refractivity contribution in [3.8, 4) is 0 Å². The van der Waals surface area contributed by atoms with Gasteiger partial charge in [-0.05, 0) is 68.1 Å². The molecule has 2 unspecified atom stereocenters. The molecule has 3 N–H and O–H groups in total. The van der Waals surface area contributed by atoms with Gasteiger partial charge >= 0.3 is 12.1 Å². The summed E-state index contributed by atoms with van der Waals surface area (Å²) >= 11 is 0. The molecule has 1 saturated carbocycles. The molecule has 0 spiro atoms. The number of hydrogen-bond donors (Lipinski definition) is 2. The quantitative estimate of drug-likeness (QED) is 0.462. The van der Waals surface area contributed by atoms with Gasteiger partial charge < -0.3 is 15.7 Å². The van der Waals surface area contributed by atoms with Crippen molar-refractivity contribution in [3.05, 3.63) is 35.4 Å². The van der Waals surface area contributed by atoms with Crippen molar-refractivity contribution in [2.24, 2.45) is 11.7 Å². The molecule has 2 atom stereocenters. The lowest BCUT2D eigenvalue weighted by atomic mass is 9.84. The Kier molecular flexibility index (Phi) is 10.0. The van der Waals surface area contributed by atoms with Gasteiger partial charge in [-0.25, -0.2) is 13.2 Å². The van der Waals surface area contributed by atoms with E-state index in [1.54, 1.807) is 11.0 Å². The Bertz CT molecular complexity index is 1140. The van der Waals surface area contributed by atoms with Crippen molar-refractivity contribution < 1.29 is 41.1 Å². The zero-order valence-corrected chi connectivity index (χ0v) is 22.7. The Morgan fingerprint density at radius 1 is 1.10 bits per heavy atom. The summed E-state index contributed by atoms with van der Waals surface area (Å²) in [6, 6.07) is 8.64. The topological polar surface area (TPSA) is 138 Å². The Morgan fingerprint density at radius 2 is 1.69 bits per heavy atom.